The van der Waals surface area contributed by atoms with Crippen LogP contribution in [0.1, 0.15) is 37.7 Å². The van der Waals surface area contributed by atoms with E-state index in [0.29, 0.717) is 0 Å². The van der Waals surface area contributed by atoms with E-state index in [1.807, 2.05) is 0 Å². The van der Waals surface area contributed by atoms with Gasteiger partial charge in [0.15, 0.2) is 0 Å². The number of benzene rings is 1. The van der Waals surface area contributed by atoms with Crippen LogP contribution in [-0.4, -0.2) is 12.6 Å². The third kappa shape index (κ3) is 1.54. The third-order valence-corrected chi connectivity index (χ3v) is 5.36. The predicted molar refractivity (Wildman–Crippen MR) is 75.8 cm³/mol. The fourth-order valence-electron chi connectivity index (χ4n) is 4.58. The molecule has 1 aromatic rings. The number of nitrogens with two attached hydrogens (primary N) is 1. The smallest absolute Gasteiger partial charge is 0.0402 e. The Bertz CT molecular complexity index is 468. The van der Waals surface area contributed by atoms with Crippen LogP contribution in [0.3, 0.4) is 0 Å². The molecule has 3 unspecified atom stereocenters. The number of fused-ring (bicyclic) bond motifs is 3. The van der Waals surface area contributed by atoms with E-state index in [4.69, 9.17) is 5.73 Å². The molecule has 2 nitrogen and oxygen atoms in total. The zero-order valence-corrected chi connectivity index (χ0v) is 10.9. The highest BCUT2D eigenvalue weighted by atomic mass is 15.2. The summed E-state index contributed by atoms with van der Waals surface area (Å²) in [6.45, 7) is 1.25. The Labute approximate surface area is 109 Å². The lowest BCUT2D eigenvalue weighted by Gasteiger charge is -2.40. The van der Waals surface area contributed by atoms with Gasteiger partial charge in [-0.1, -0.05) is 6.42 Å². The minimum Gasteiger partial charge on any atom is -0.399 e. The summed E-state index contributed by atoms with van der Waals surface area (Å²) in [5.74, 6) is 2.00. The zero-order chi connectivity index (χ0) is 12.1. The molecule has 18 heavy (non-hydrogen) atoms. The van der Waals surface area contributed by atoms with E-state index in [1.165, 1.54) is 56.3 Å². The molecule has 0 radical (unpaired) electrons. The number of anilines is 2. The third-order valence-electron chi connectivity index (χ3n) is 5.36. The molecule has 3 atom stereocenters. The molecule has 1 aliphatic heterocycles. The molecule has 3 aliphatic rings. The van der Waals surface area contributed by atoms with Gasteiger partial charge in [0.25, 0.3) is 0 Å². The van der Waals surface area contributed by atoms with Crippen LogP contribution >= 0.6 is 0 Å². The molecule has 0 spiro atoms. The van der Waals surface area contributed by atoms with Crippen molar-refractivity contribution in [1.29, 1.82) is 0 Å². The van der Waals surface area contributed by atoms with E-state index in [9.17, 15) is 0 Å². The molecule has 2 bridgehead atoms. The highest BCUT2D eigenvalue weighted by molar-refractivity contribution is 5.61. The van der Waals surface area contributed by atoms with E-state index in [0.717, 1.165) is 23.6 Å². The summed E-state index contributed by atoms with van der Waals surface area (Å²) in [6.07, 6.45) is 8.39. The monoisotopic (exact) mass is 242 g/mol. The molecule has 96 valence electrons. The zero-order valence-electron chi connectivity index (χ0n) is 10.9. The van der Waals surface area contributed by atoms with Crippen molar-refractivity contribution < 1.29 is 0 Å². The first-order valence-electron chi connectivity index (χ1n) is 7.46. The van der Waals surface area contributed by atoms with Crippen molar-refractivity contribution in [1.82, 2.24) is 0 Å². The van der Waals surface area contributed by atoms with Crippen LogP contribution < -0.4 is 10.6 Å². The lowest BCUT2D eigenvalue weighted by molar-refractivity contribution is 0.386. The number of rotatable bonds is 1. The highest BCUT2D eigenvalue weighted by Gasteiger charge is 2.43. The molecule has 2 N–H and O–H groups in total. The second-order valence-electron chi connectivity index (χ2n) is 6.43. The standard InChI is InChI=1S/C16H22N2/c17-14-5-6-15-12(10-14)2-1-7-18(15)16-9-11-3-4-13(16)8-11/h5-6,10-11,13,16H,1-4,7-9,17H2. The van der Waals surface area contributed by atoms with E-state index in [2.05, 4.69) is 23.1 Å². The Kier molecular flexibility index (Phi) is 2.33. The Hall–Kier alpha value is -1.18. The fraction of sp³-hybridized carbons (Fsp3) is 0.625. The Balaban J connectivity index is 1.67. The van der Waals surface area contributed by atoms with Crippen LogP contribution in [0.4, 0.5) is 11.4 Å². The molecular weight excluding hydrogens is 220 g/mol. The van der Waals surface area contributed by atoms with Crippen molar-refractivity contribution in [3.63, 3.8) is 0 Å². The molecule has 4 rings (SSSR count). The first kappa shape index (κ1) is 10.7. The number of aryl methyl sites for hydroxylation is 1. The minimum absolute atomic E-state index is 0.825. The quantitative estimate of drug-likeness (QED) is 0.766. The van der Waals surface area contributed by atoms with Crippen molar-refractivity contribution in [3.05, 3.63) is 23.8 Å². The molecule has 2 aliphatic carbocycles. The van der Waals surface area contributed by atoms with Gasteiger partial charge in [-0.2, -0.15) is 0 Å². The maximum atomic E-state index is 5.92. The van der Waals surface area contributed by atoms with Crippen LogP contribution in [0.15, 0.2) is 18.2 Å². The SMILES string of the molecule is Nc1ccc2c(c1)CCCN2C1CC2CCC1C2. The van der Waals surface area contributed by atoms with E-state index in [1.54, 1.807) is 0 Å². The van der Waals surface area contributed by atoms with Gasteiger partial charge < -0.3 is 10.6 Å². The molecule has 0 amide bonds. The first-order chi connectivity index (χ1) is 8.81. The van der Waals surface area contributed by atoms with Gasteiger partial charge in [-0.25, -0.2) is 0 Å². The van der Waals surface area contributed by atoms with Gasteiger partial charge in [0.2, 0.25) is 0 Å². The summed E-state index contributed by atoms with van der Waals surface area (Å²) in [4.78, 5) is 2.71. The van der Waals surface area contributed by atoms with Crippen LogP contribution in [-0.2, 0) is 6.42 Å². The molecule has 0 saturated heterocycles. The van der Waals surface area contributed by atoms with Crippen LogP contribution in [0.5, 0.6) is 0 Å². The van der Waals surface area contributed by atoms with E-state index < -0.39 is 0 Å². The number of hydrogen-bond acceptors (Lipinski definition) is 2. The van der Waals surface area contributed by atoms with Crippen molar-refractivity contribution in [2.45, 2.75) is 44.6 Å². The molecule has 2 heteroatoms. The maximum absolute atomic E-state index is 5.92. The number of hydrogen-bond donors (Lipinski definition) is 1. The molecule has 1 heterocycles. The average molecular weight is 242 g/mol. The Morgan fingerprint density at radius 2 is 2.11 bits per heavy atom. The minimum atomic E-state index is 0.825. The van der Waals surface area contributed by atoms with Crippen LogP contribution in [0, 0.1) is 11.8 Å². The molecule has 0 aromatic heterocycles. The van der Waals surface area contributed by atoms with Crippen LogP contribution in [0.2, 0.25) is 0 Å². The second kappa shape index (κ2) is 3.91. The molecule has 1 aromatic carbocycles. The lowest BCUT2D eigenvalue weighted by Crippen LogP contribution is -2.42. The summed E-state index contributed by atoms with van der Waals surface area (Å²) in [5.41, 5.74) is 9.80. The van der Waals surface area contributed by atoms with Gasteiger partial charge in [0.05, 0.1) is 0 Å². The van der Waals surface area contributed by atoms with E-state index in [-0.39, 0.29) is 0 Å². The van der Waals surface area contributed by atoms with Crippen molar-refractivity contribution >= 4 is 11.4 Å². The van der Waals surface area contributed by atoms with Gasteiger partial charge in [-0.15, -0.1) is 0 Å². The van der Waals surface area contributed by atoms with E-state index >= 15 is 0 Å². The lowest BCUT2D eigenvalue weighted by atomic mass is 9.90. The van der Waals surface area contributed by atoms with Crippen molar-refractivity contribution in [2.75, 3.05) is 17.2 Å². The maximum Gasteiger partial charge on any atom is 0.0402 e. The largest absolute Gasteiger partial charge is 0.399 e. The van der Waals surface area contributed by atoms with Gasteiger partial charge in [0.1, 0.15) is 0 Å². The second-order valence-corrected chi connectivity index (χ2v) is 6.43. The average Bonchev–Trinajstić information content (AvgIpc) is 2.99. The first-order valence-corrected chi connectivity index (χ1v) is 7.46. The number of nitrogens with zero attached hydrogens (tertiary/aromatic N) is 1. The fourth-order valence-corrected chi connectivity index (χ4v) is 4.58. The van der Waals surface area contributed by atoms with Crippen molar-refractivity contribution in [3.8, 4) is 0 Å². The summed E-state index contributed by atoms with van der Waals surface area (Å²) < 4.78 is 0. The summed E-state index contributed by atoms with van der Waals surface area (Å²) >= 11 is 0. The highest BCUT2D eigenvalue weighted by Crippen LogP contribution is 2.48. The Morgan fingerprint density at radius 3 is 2.89 bits per heavy atom. The molecule has 2 saturated carbocycles. The van der Waals surface area contributed by atoms with Gasteiger partial charge in [0, 0.05) is 24.0 Å². The predicted octanol–water partition coefficient (Wildman–Crippen LogP) is 3.21. The number of nitrogen functional groups attached to an aromatic ring is 1. The topological polar surface area (TPSA) is 29.3 Å². The summed E-state index contributed by atoms with van der Waals surface area (Å²) in [5, 5.41) is 0. The summed E-state index contributed by atoms with van der Waals surface area (Å²) in [6, 6.07) is 7.35. The van der Waals surface area contributed by atoms with Gasteiger partial charge >= 0.3 is 0 Å². The van der Waals surface area contributed by atoms with Crippen LogP contribution in [0.25, 0.3) is 0 Å². The summed E-state index contributed by atoms with van der Waals surface area (Å²) in [7, 11) is 0. The van der Waals surface area contributed by atoms with Gasteiger partial charge in [-0.05, 0) is 67.7 Å². The normalized spacial score (nSPS) is 33.8. The van der Waals surface area contributed by atoms with Gasteiger partial charge in [-0.3, -0.25) is 0 Å². The van der Waals surface area contributed by atoms with Crippen molar-refractivity contribution in [2.24, 2.45) is 11.8 Å². The molecule has 2 fully saturated rings. The Morgan fingerprint density at radius 1 is 1.17 bits per heavy atom. The molecular formula is C16H22N2.